The molecule has 0 bridgehead atoms. The second-order valence-electron chi connectivity index (χ2n) is 8.01. The van der Waals surface area contributed by atoms with E-state index in [0.717, 1.165) is 48.4 Å². The fraction of sp³-hybridized carbons (Fsp3) is 0.292. The minimum absolute atomic E-state index is 0.100. The Morgan fingerprint density at radius 2 is 1.67 bits per heavy atom. The van der Waals surface area contributed by atoms with E-state index in [-0.39, 0.29) is 5.69 Å². The van der Waals surface area contributed by atoms with Gasteiger partial charge in [-0.05, 0) is 62.6 Å². The number of anilines is 2. The maximum Gasteiger partial charge on any atom is 0.416 e. The Balaban J connectivity index is 1.62. The Labute approximate surface area is 188 Å². The van der Waals surface area contributed by atoms with Gasteiger partial charge in [0.2, 0.25) is 5.43 Å². The topological polar surface area (TPSA) is 67.2 Å². The molecule has 1 aromatic heterocycles. The van der Waals surface area contributed by atoms with E-state index in [0.29, 0.717) is 11.4 Å². The summed E-state index contributed by atoms with van der Waals surface area (Å²) in [6.45, 7) is 3.43. The van der Waals surface area contributed by atoms with Crippen LogP contribution in [0.25, 0.3) is 5.69 Å². The molecule has 1 saturated heterocycles. The van der Waals surface area contributed by atoms with Gasteiger partial charge in [0.1, 0.15) is 0 Å². The number of carbonyl (C=O) groups is 1. The summed E-state index contributed by atoms with van der Waals surface area (Å²) in [5.74, 6) is -0.725. The van der Waals surface area contributed by atoms with Crippen LogP contribution in [-0.2, 0) is 6.18 Å². The fourth-order valence-electron chi connectivity index (χ4n) is 3.90. The first-order chi connectivity index (χ1) is 15.7. The lowest BCUT2D eigenvalue weighted by Crippen LogP contribution is -2.29. The van der Waals surface area contributed by atoms with Gasteiger partial charge in [-0.1, -0.05) is 12.1 Å². The van der Waals surface area contributed by atoms with Crippen molar-refractivity contribution in [2.24, 2.45) is 0 Å². The van der Waals surface area contributed by atoms with Gasteiger partial charge in [0.25, 0.3) is 5.91 Å². The highest BCUT2D eigenvalue weighted by molar-refractivity contribution is 6.02. The van der Waals surface area contributed by atoms with Crippen LogP contribution in [0.15, 0.2) is 59.4 Å². The minimum Gasteiger partial charge on any atom is -0.371 e. The average molecular weight is 456 g/mol. The van der Waals surface area contributed by atoms with Gasteiger partial charge in [-0.25, -0.2) is 4.68 Å². The monoisotopic (exact) mass is 456 g/mol. The molecule has 1 N–H and O–H groups in total. The number of rotatable bonds is 4. The molecule has 0 unspecified atom stereocenters. The van der Waals surface area contributed by atoms with Crippen LogP contribution in [0.1, 0.15) is 41.0 Å². The Kier molecular flexibility index (Phi) is 6.22. The molecule has 4 rings (SSSR count). The second-order valence-corrected chi connectivity index (χ2v) is 8.01. The van der Waals surface area contributed by atoms with E-state index in [1.807, 2.05) is 18.2 Å². The molecule has 3 aromatic rings. The van der Waals surface area contributed by atoms with Gasteiger partial charge in [0.05, 0.1) is 11.3 Å². The molecule has 1 amide bonds. The number of nitrogens with one attached hydrogen (secondary N) is 1. The number of hydrogen-bond acceptors (Lipinski definition) is 4. The summed E-state index contributed by atoms with van der Waals surface area (Å²) >= 11 is 0. The molecule has 1 aliphatic rings. The fourth-order valence-corrected chi connectivity index (χ4v) is 3.90. The van der Waals surface area contributed by atoms with E-state index >= 15 is 0 Å². The largest absolute Gasteiger partial charge is 0.416 e. The number of nitrogens with zero attached hydrogens (tertiary/aromatic N) is 3. The highest BCUT2D eigenvalue weighted by atomic mass is 19.4. The Morgan fingerprint density at radius 3 is 2.39 bits per heavy atom. The number of hydrogen-bond donors (Lipinski definition) is 1. The van der Waals surface area contributed by atoms with Crippen molar-refractivity contribution in [1.29, 1.82) is 0 Å². The van der Waals surface area contributed by atoms with Crippen molar-refractivity contribution < 1.29 is 18.0 Å². The van der Waals surface area contributed by atoms with Gasteiger partial charge in [0.15, 0.2) is 5.69 Å². The number of alkyl halides is 3. The summed E-state index contributed by atoms with van der Waals surface area (Å²) < 4.78 is 40.5. The van der Waals surface area contributed by atoms with Crippen LogP contribution < -0.4 is 15.6 Å². The SMILES string of the molecule is Cc1cc(=O)c(C(=O)Nc2cccc(N3CCCCC3)c2)nn1-c1cccc(C(F)(F)F)c1. The normalized spacial score (nSPS) is 14.2. The van der Waals surface area contributed by atoms with Gasteiger partial charge in [-0.2, -0.15) is 18.3 Å². The van der Waals surface area contributed by atoms with Crippen molar-refractivity contribution in [1.82, 2.24) is 9.78 Å². The summed E-state index contributed by atoms with van der Waals surface area (Å²) in [6.07, 6.45) is -1.11. The van der Waals surface area contributed by atoms with Crippen LogP contribution in [0.5, 0.6) is 0 Å². The van der Waals surface area contributed by atoms with Crippen LogP contribution in [0.4, 0.5) is 24.5 Å². The lowest BCUT2D eigenvalue weighted by atomic mass is 10.1. The highest BCUT2D eigenvalue weighted by Crippen LogP contribution is 2.30. The third-order valence-corrected chi connectivity index (χ3v) is 5.57. The minimum atomic E-state index is -4.53. The van der Waals surface area contributed by atoms with Gasteiger partial charge in [-0.3, -0.25) is 9.59 Å². The van der Waals surface area contributed by atoms with E-state index < -0.39 is 28.8 Å². The molecular weight excluding hydrogens is 433 g/mol. The standard InChI is InChI=1S/C24H23F3N4O2/c1-16-13-21(32)22(29-31(16)20-10-5-7-17(14-20)24(25,26)27)23(33)28-18-8-6-9-19(15-18)30-11-3-2-4-12-30/h5-10,13-15H,2-4,11-12H2,1H3,(H,28,33). The first-order valence-corrected chi connectivity index (χ1v) is 10.7. The quantitative estimate of drug-likeness (QED) is 0.612. The first-order valence-electron chi connectivity index (χ1n) is 10.7. The molecule has 2 heterocycles. The molecule has 1 fully saturated rings. The molecule has 0 atom stereocenters. The van der Waals surface area contributed by atoms with Crippen molar-refractivity contribution in [3.8, 4) is 5.69 Å². The van der Waals surface area contributed by atoms with E-state index in [1.165, 1.54) is 24.6 Å². The van der Waals surface area contributed by atoms with E-state index in [4.69, 9.17) is 0 Å². The number of aryl methyl sites for hydroxylation is 1. The van der Waals surface area contributed by atoms with Crippen LogP contribution in [-0.4, -0.2) is 28.8 Å². The van der Waals surface area contributed by atoms with E-state index in [9.17, 15) is 22.8 Å². The highest BCUT2D eigenvalue weighted by Gasteiger charge is 2.30. The third-order valence-electron chi connectivity index (χ3n) is 5.57. The summed E-state index contributed by atoms with van der Waals surface area (Å²) in [6, 6.07) is 13.1. The molecular formula is C24H23F3N4O2. The van der Waals surface area contributed by atoms with Crippen LogP contribution in [0.2, 0.25) is 0 Å². The van der Waals surface area contributed by atoms with Gasteiger partial charge in [0, 0.05) is 36.2 Å². The Bertz CT molecular complexity index is 1230. The first kappa shape index (κ1) is 22.6. The van der Waals surface area contributed by atoms with Crippen molar-refractivity contribution >= 4 is 17.3 Å². The summed E-state index contributed by atoms with van der Waals surface area (Å²) in [5, 5.41) is 6.78. The maximum atomic E-state index is 13.1. The van der Waals surface area contributed by atoms with E-state index in [2.05, 4.69) is 15.3 Å². The third kappa shape index (κ3) is 5.08. The molecule has 0 aliphatic carbocycles. The number of amides is 1. The summed E-state index contributed by atoms with van der Waals surface area (Å²) in [5.41, 5.74) is 0.0369. The lowest BCUT2D eigenvalue weighted by Gasteiger charge is -2.29. The lowest BCUT2D eigenvalue weighted by molar-refractivity contribution is -0.137. The summed E-state index contributed by atoms with van der Waals surface area (Å²) in [4.78, 5) is 27.6. The van der Waals surface area contributed by atoms with Crippen LogP contribution >= 0.6 is 0 Å². The van der Waals surface area contributed by atoms with Crippen LogP contribution in [0, 0.1) is 6.92 Å². The van der Waals surface area contributed by atoms with Crippen molar-refractivity contribution in [2.75, 3.05) is 23.3 Å². The van der Waals surface area contributed by atoms with Gasteiger partial charge >= 0.3 is 6.18 Å². The number of piperidine rings is 1. The number of benzene rings is 2. The molecule has 0 saturated carbocycles. The van der Waals surface area contributed by atoms with E-state index in [1.54, 1.807) is 13.0 Å². The Hall–Kier alpha value is -3.62. The maximum absolute atomic E-state index is 13.1. The second kappa shape index (κ2) is 9.09. The average Bonchev–Trinajstić information content (AvgIpc) is 2.79. The molecule has 6 nitrogen and oxygen atoms in total. The van der Waals surface area contributed by atoms with Gasteiger partial charge in [-0.15, -0.1) is 0 Å². The number of carbonyl (C=O) groups excluding carboxylic acids is 1. The molecule has 1 aliphatic heterocycles. The number of halogens is 3. The smallest absolute Gasteiger partial charge is 0.371 e. The zero-order valence-corrected chi connectivity index (χ0v) is 18.0. The predicted octanol–water partition coefficient (Wildman–Crippen LogP) is 4.80. The zero-order valence-electron chi connectivity index (χ0n) is 18.0. The number of aromatic nitrogens is 2. The van der Waals surface area contributed by atoms with Gasteiger partial charge < -0.3 is 10.2 Å². The predicted molar refractivity (Wildman–Crippen MR) is 120 cm³/mol. The molecule has 0 spiro atoms. The Morgan fingerprint density at radius 1 is 0.970 bits per heavy atom. The molecule has 172 valence electrons. The molecule has 9 heteroatoms. The summed E-state index contributed by atoms with van der Waals surface area (Å²) in [7, 11) is 0. The van der Waals surface area contributed by atoms with Crippen molar-refractivity contribution in [3.63, 3.8) is 0 Å². The molecule has 2 aromatic carbocycles. The van der Waals surface area contributed by atoms with Crippen molar-refractivity contribution in [2.45, 2.75) is 32.4 Å². The van der Waals surface area contributed by atoms with Crippen molar-refractivity contribution in [3.05, 3.63) is 81.8 Å². The molecule has 0 radical (unpaired) electrons. The van der Waals surface area contributed by atoms with Crippen LogP contribution in [0.3, 0.4) is 0 Å². The molecule has 33 heavy (non-hydrogen) atoms. The zero-order chi connectivity index (χ0) is 23.6.